The maximum absolute atomic E-state index is 11.9. The van der Waals surface area contributed by atoms with Gasteiger partial charge in [-0.3, -0.25) is 0 Å². The molecule has 0 N–H and O–H groups in total. The van der Waals surface area contributed by atoms with Crippen molar-refractivity contribution >= 4 is 10.0 Å². The van der Waals surface area contributed by atoms with E-state index in [0.29, 0.717) is 0 Å². The predicted molar refractivity (Wildman–Crippen MR) is 82.1 cm³/mol. The number of methoxy groups -OCH3 is 1. The summed E-state index contributed by atoms with van der Waals surface area (Å²) >= 11 is 0. The Kier molecular flexibility index (Phi) is 6.67. The van der Waals surface area contributed by atoms with Gasteiger partial charge < -0.3 is 9.47 Å². The first kappa shape index (κ1) is 19.8. The Morgan fingerprint density at radius 2 is 1.55 bits per heavy atom. The second-order valence-electron chi connectivity index (χ2n) is 7.27. The predicted octanol–water partition coefficient (Wildman–Crippen LogP) is 2.47. The van der Waals surface area contributed by atoms with Crippen molar-refractivity contribution in [1.29, 1.82) is 0 Å². The standard InChI is InChI=1S/C14H31NO4S/c1-11(13(2,3)4)19-12(18-8)10-15(14(5,6)7)20(9,16)17/h11-12H,10H2,1-9H3/t11-,12+/m0/s1. The van der Waals surface area contributed by atoms with Crippen molar-refractivity contribution in [3.8, 4) is 0 Å². The fraction of sp³-hybridized carbons (Fsp3) is 1.00. The molecule has 0 spiro atoms. The van der Waals surface area contributed by atoms with Gasteiger partial charge in [0.25, 0.3) is 0 Å². The lowest BCUT2D eigenvalue weighted by Gasteiger charge is -2.37. The molecule has 122 valence electrons. The summed E-state index contributed by atoms with van der Waals surface area (Å²) in [5.41, 5.74) is -0.548. The lowest BCUT2D eigenvalue weighted by atomic mass is 9.90. The van der Waals surface area contributed by atoms with Crippen LogP contribution in [0.15, 0.2) is 0 Å². The lowest BCUT2D eigenvalue weighted by Crippen LogP contribution is -2.50. The van der Waals surface area contributed by atoms with Crippen LogP contribution in [0.3, 0.4) is 0 Å². The van der Waals surface area contributed by atoms with Crippen molar-refractivity contribution in [2.45, 2.75) is 66.4 Å². The second kappa shape index (κ2) is 6.73. The van der Waals surface area contributed by atoms with E-state index in [9.17, 15) is 8.42 Å². The van der Waals surface area contributed by atoms with Crippen molar-refractivity contribution in [2.75, 3.05) is 19.9 Å². The van der Waals surface area contributed by atoms with E-state index in [1.54, 1.807) is 0 Å². The number of hydrogen-bond donors (Lipinski definition) is 0. The molecular weight excluding hydrogens is 278 g/mol. The summed E-state index contributed by atoms with van der Waals surface area (Å²) in [6.45, 7) is 13.9. The average molecular weight is 309 g/mol. The van der Waals surface area contributed by atoms with Crippen molar-refractivity contribution in [3.05, 3.63) is 0 Å². The SMILES string of the molecule is CO[C@@H](CN(C(C)(C)C)S(C)(=O)=O)O[C@@H](C)C(C)(C)C. The summed E-state index contributed by atoms with van der Waals surface area (Å²) in [4.78, 5) is 0. The van der Waals surface area contributed by atoms with E-state index in [4.69, 9.17) is 9.47 Å². The molecule has 0 unspecified atom stereocenters. The highest BCUT2D eigenvalue weighted by molar-refractivity contribution is 7.88. The second-order valence-corrected chi connectivity index (χ2v) is 9.18. The van der Waals surface area contributed by atoms with Gasteiger partial charge in [-0.2, -0.15) is 4.31 Å². The minimum absolute atomic E-state index is 0.0333. The molecule has 0 rings (SSSR count). The Balaban J connectivity index is 5.02. The monoisotopic (exact) mass is 309 g/mol. The Morgan fingerprint density at radius 1 is 1.10 bits per heavy atom. The Hall–Kier alpha value is -0.170. The minimum Gasteiger partial charge on any atom is -0.354 e. The molecule has 0 aromatic heterocycles. The lowest BCUT2D eigenvalue weighted by molar-refractivity contribution is -0.180. The van der Waals surface area contributed by atoms with Gasteiger partial charge in [0, 0.05) is 12.6 Å². The molecule has 0 aromatic rings. The van der Waals surface area contributed by atoms with E-state index in [-0.39, 0.29) is 18.1 Å². The minimum atomic E-state index is -3.33. The van der Waals surface area contributed by atoms with Gasteiger partial charge >= 0.3 is 0 Å². The quantitative estimate of drug-likeness (QED) is 0.707. The number of nitrogens with zero attached hydrogens (tertiary/aromatic N) is 1. The van der Waals surface area contributed by atoms with E-state index in [2.05, 4.69) is 20.8 Å². The van der Waals surface area contributed by atoms with Gasteiger partial charge in [0.15, 0.2) is 6.29 Å². The molecule has 0 saturated heterocycles. The van der Waals surface area contributed by atoms with E-state index >= 15 is 0 Å². The highest BCUT2D eigenvalue weighted by Crippen LogP contribution is 2.25. The Labute approximate surface area is 124 Å². The number of ether oxygens (including phenoxy) is 2. The molecule has 0 radical (unpaired) electrons. The molecule has 0 fully saturated rings. The molecular formula is C14H31NO4S. The van der Waals surface area contributed by atoms with Crippen LogP contribution in [0.1, 0.15) is 48.5 Å². The molecule has 0 aliphatic rings. The highest BCUT2D eigenvalue weighted by atomic mass is 32.2. The molecule has 6 heteroatoms. The van der Waals surface area contributed by atoms with Gasteiger partial charge in [0.05, 0.1) is 18.9 Å². The smallest absolute Gasteiger partial charge is 0.211 e. The Morgan fingerprint density at radius 3 is 1.80 bits per heavy atom. The first-order chi connectivity index (χ1) is 8.69. The van der Waals surface area contributed by atoms with Crippen LogP contribution in [0.25, 0.3) is 0 Å². The number of sulfonamides is 1. The largest absolute Gasteiger partial charge is 0.354 e. The third-order valence-electron chi connectivity index (χ3n) is 3.30. The molecule has 0 aromatic carbocycles. The van der Waals surface area contributed by atoms with Gasteiger partial charge in [-0.05, 0) is 33.1 Å². The van der Waals surface area contributed by atoms with Gasteiger partial charge in [-0.1, -0.05) is 20.8 Å². The van der Waals surface area contributed by atoms with Crippen molar-refractivity contribution < 1.29 is 17.9 Å². The van der Waals surface area contributed by atoms with Crippen molar-refractivity contribution in [2.24, 2.45) is 5.41 Å². The summed E-state index contributed by atoms with van der Waals surface area (Å²) < 4.78 is 36.4. The summed E-state index contributed by atoms with van der Waals surface area (Å²) in [6.07, 6.45) is 0.574. The molecule has 0 bridgehead atoms. The molecule has 0 amide bonds. The zero-order valence-corrected chi connectivity index (χ0v) is 15.2. The topological polar surface area (TPSA) is 55.8 Å². The van der Waals surface area contributed by atoms with Crippen LogP contribution in [0, 0.1) is 5.41 Å². The molecule has 0 saturated carbocycles. The first-order valence-corrected chi connectivity index (χ1v) is 8.70. The summed E-state index contributed by atoms with van der Waals surface area (Å²) in [5, 5.41) is 0. The van der Waals surface area contributed by atoms with E-state index < -0.39 is 21.9 Å². The van der Waals surface area contributed by atoms with E-state index in [1.165, 1.54) is 17.7 Å². The normalized spacial score (nSPS) is 17.3. The molecule has 5 nitrogen and oxygen atoms in total. The molecule has 0 aliphatic carbocycles. The van der Waals surface area contributed by atoms with Crippen LogP contribution in [-0.4, -0.2) is 50.6 Å². The summed E-state index contributed by atoms with van der Waals surface area (Å²) in [6, 6.07) is 0. The highest BCUT2D eigenvalue weighted by Gasteiger charge is 2.33. The van der Waals surface area contributed by atoms with Gasteiger partial charge in [-0.15, -0.1) is 0 Å². The van der Waals surface area contributed by atoms with Crippen LogP contribution in [0.4, 0.5) is 0 Å². The maximum Gasteiger partial charge on any atom is 0.211 e. The number of rotatable bonds is 6. The third-order valence-corrected chi connectivity index (χ3v) is 4.80. The molecule has 20 heavy (non-hydrogen) atoms. The van der Waals surface area contributed by atoms with E-state index in [0.717, 1.165) is 0 Å². The van der Waals surface area contributed by atoms with Crippen LogP contribution < -0.4 is 0 Å². The summed E-state index contributed by atoms with van der Waals surface area (Å²) in [5.74, 6) is 0. The molecule has 0 heterocycles. The van der Waals surface area contributed by atoms with Crippen molar-refractivity contribution in [1.82, 2.24) is 4.31 Å². The van der Waals surface area contributed by atoms with Crippen LogP contribution in [0.2, 0.25) is 0 Å². The van der Waals surface area contributed by atoms with E-state index in [1.807, 2.05) is 27.7 Å². The van der Waals surface area contributed by atoms with Crippen LogP contribution in [0.5, 0.6) is 0 Å². The van der Waals surface area contributed by atoms with Gasteiger partial charge in [-0.25, -0.2) is 8.42 Å². The first-order valence-electron chi connectivity index (χ1n) is 6.85. The third kappa shape index (κ3) is 6.52. The van der Waals surface area contributed by atoms with Crippen LogP contribution in [-0.2, 0) is 19.5 Å². The molecule has 2 atom stereocenters. The van der Waals surface area contributed by atoms with Crippen molar-refractivity contribution in [3.63, 3.8) is 0 Å². The molecule has 0 aliphatic heterocycles. The zero-order chi connectivity index (χ0) is 16.4. The fourth-order valence-electron chi connectivity index (χ4n) is 1.65. The maximum atomic E-state index is 11.9. The fourth-order valence-corrected chi connectivity index (χ4v) is 3.03. The summed E-state index contributed by atoms with van der Waals surface area (Å²) in [7, 11) is -1.79. The van der Waals surface area contributed by atoms with Crippen LogP contribution >= 0.6 is 0 Å². The zero-order valence-electron chi connectivity index (χ0n) is 14.4. The van der Waals surface area contributed by atoms with Gasteiger partial charge in [0.2, 0.25) is 10.0 Å². The average Bonchev–Trinajstić information content (AvgIpc) is 2.18. The van der Waals surface area contributed by atoms with Gasteiger partial charge in [0.1, 0.15) is 0 Å². The number of hydrogen-bond acceptors (Lipinski definition) is 4. The Bertz CT molecular complexity index is 392.